The van der Waals surface area contributed by atoms with Gasteiger partial charge in [0.05, 0.1) is 13.2 Å². The Morgan fingerprint density at radius 2 is 0.943 bits per heavy atom. The fourth-order valence-electron chi connectivity index (χ4n) is 6.30. The number of rotatable bonds is 12. The van der Waals surface area contributed by atoms with Gasteiger partial charge in [-0.05, 0) is 0 Å². The largest absolute Gasteiger partial charge is 0.479 e. The Kier molecular flexibility index (Phi) is 14.4. The highest BCUT2D eigenvalue weighted by Crippen LogP contribution is 2.34. The molecule has 304 valence electrons. The lowest BCUT2D eigenvalue weighted by atomic mass is 9.94. The van der Waals surface area contributed by atoms with Crippen LogP contribution in [-0.2, 0) is 52.3 Å². The molecule has 20 atom stereocenters. The molecule has 0 aliphatic carbocycles. The van der Waals surface area contributed by atoms with Gasteiger partial charge in [-0.3, -0.25) is 9.59 Å². The average molecular weight is 777 g/mol. The van der Waals surface area contributed by atoms with Crippen LogP contribution in [0, 0.1) is 0 Å². The molecular formula is C28H44N2O23. The molecule has 4 fully saturated rings. The number of carbonyl (C=O) groups is 4. The van der Waals surface area contributed by atoms with Gasteiger partial charge in [-0.25, -0.2) is 9.59 Å². The number of carboxylic acid groups (broad SMARTS) is 2. The van der Waals surface area contributed by atoms with Gasteiger partial charge >= 0.3 is 11.9 Å². The van der Waals surface area contributed by atoms with Gasteiger partial charge in [-0.1, -0.05) is 0 Å². The smallest absolute Gasteiger partial charge is 0.335 e. The van der Waals surface area contributed by atoms with Crippen molar-refractivity contribution in [1.29, 1.82) is 0 Å². The monoisotopic (exact) mass is 776 g/mol. The average Bonchev–Trinajstić information content (AvgIpc) is 3.08. The summed E-state index contributed by atoms with van der Waals surface area (Å²) in [4.78, 5) is 48.2. The van der Waals surface area contributed by atoms with E-state index in [1.807, 2.05) is 0 Å². The highest BCUT2D eigenvalue weighted by atomic mass is 16.8. The molecule has 14 N–H and O–H groups in total. The van der Waals surface area contributed by atoms with E-state index < -0.39 is 160 Å². The molecule has 25 heteroatoms. The molecule has 0 saturated carbocycles. The third-order valence-corrected chi connectivity index (χ3v) is 8.94. The Bertz CT molecular complexity index is 1300. The zero-order valence-electron chi connectivity index (χ0n) is 27.8. The van der Waals surface area contributed by atoms with Crippen LogP contribution < -0.4 is 10.6 Å². The molecule has 4 unspecified atom stereocenters. The third-order valence-electron chi connectivity index (χ3n) is 8.94. The van der Waals surface area contributed by atoms with Gasteiger partial charge in [0, 0.05) is 13.8 Å². The normalized spacial score (nSPS) is 46.3. The van der Waals surface area contributed by atoms with Crippen molar-refractivity contribution in [2.75, 3.05) is 13.2 Å². The summed E-state index contributed by atoms with van der Waals surface area (Å²) in [6, 6.07) is -3.38. The number of amides is 2. The maximum absolute atomic E-state index is 12.5. The van der Waals surface area contributed by atoms with E-state index in [9.17, 15) is 80.5 Å². The predicted octanol–water partition coefficient (Wildman–Crippen LogP) is -9.28. The van der Waals surface area contributed by atoms with Crippen LogP contribution in [0.2, 0.25) is 0 Å². The highest BCUT2D eigenvalue weighted by molar-refractivity contribution is 5.74. The Morgan fingerprint density at radius 3 is 1.43 bits per heavy atom. The lowest BCUT2D eigenvalue weighted by Gasteiger charge is -2.49. The van der Waals surface area contributed by atoms with Crippen molar-refractivity contribution < 1.29 is 114 Å². The van der Waals surface area contributed by atoms with E-state index in [0.717, 1.165) is 13.8 Å². The first-order valence-electron chi connectivity index (χ1n) is 16.1. The number of hydrogen-bond donors (Lipinski definition) is 14. The van der Waals surface area contributed by atoms with Crippen molar-refractivity contribution in [2.45, 2.75) is 137 Å². The van der Waals surface area contributed by atoms with Crippen LogP contribution in [0.3, 0.4) is 0 Å². The molecule has 4 aliphatic rings. The van der Waals surface area contributed by atoms with E-state index in [-0.39, 0.29) is 0 Å². The second kappa shape index (κ2) is 17.8. The Labute approximate surface area is 298 Å². The molecule has 2 amide bonds. The van der Waals surface area contributed by atoms with Gasteiger partial charge in [0.15, 0.2) is 37.4 Å². The summed E-state index contributed by atoms with van der Waals surface area (Å²) < 4.78 is 38.0. The minimum Gasteiger partial charge on any atom is -0.479 e. The molecule has 0 spiro atoms. The van der Waals surface area contributed by atoms with Crippen molar-refractivity contribution in [1.82, 2.24) is 10.6 Å². The van der Waals surface area contributed by atoms with Gasteiger partial charge in [-0.2, -0.15) is 0 Å². The van der Waals surface area contributed by atoms with Crippen LogP contribution in [0.5, 0.6) is 0 Å². The second-order valence-corrected chi connectivity index (χ2v) is 12.7. The van der Waals surface area contributed by atoms with Crippen LogP contribution >= 0.6 is 0 Å². The van der Waals surface area contributed by atoms with Crippen molar-refractivity contribution >= 4 is 23.8 Å². The standard InChI is InChI=1S/C28H44N2O23/c1-5(33)29-9-18(11(35)7(3-31)47-25(9)46)49-28-17(41)15(39)20(22(53-28)24(44)45)51-26-10(30-6(2)34)19(12(36)8(4-32)48-26)50-27-16(40)13(37)14(38)21(52-27)23(42)43/h7-22,25-28,31-32,35-41,46H,3-4H2,1-2H3,(H,29,33)(H,30,34)(H,42,43)(H,44,45)/t7-,8?,9-,10-,11-,12-,13+,14+,15-,16-,17-,18-,19+,20+,21?,22?,25?,26+,27+,28-/m1/s1. The van der Waals surface area contributed by atoms with Gasteiger partial charge in [0.1, 0.15) is 85.3 Å². The first-order valence-corrected chi connectivity index (χ1v) is 16.1. The van der Waals surface area contributed by atoms with Crippen molar-refractivity contribution in [3.05, 3.63) is 0 Å². The van der Waals surface area contributed by atoms with Crippen molar-refractivity contribution in [3.63, 3.8) is 0 Å². The lowest BCUT2D eigenvalue weighted by molar-refractivity contribution is -0.368. The number of aliphatic carboxylic acids is 2. The second-order valence-electron chi connectivity index (χ2n) is 12.7. The maximum Gasteiger partial charge on any atom is 0.335 e. The topological polar surface area (TPSA) is 400 Å². The molecule has 53 heavy (non-hydrogen) atoms. The first kappa shape index (κ1) is 42.9. The fourth-order valence-corrected chi connectivity index (χ4v) is 6.30. The van der Waals surface area contributed by atoms with Crippen LogP contribution in [-0.4, -0.2) is 221 Å². The summed E-state index contributed by atoms with van der Waals surface area (Å²) in [6.45, 7) is 0.116. The van der Waals surface area contributed by atoms with Crippen molar-refractivity contribution in [3.8, 4) is 0 Å². The van der Waals surface area contributed by atoms with E-state index in [2.05, 4.69) is 10.6 Å². The van der Waals surface area contributed by atoms with E-state index in [4.69, 9.17) is 33.2 Å². The van der Waals surface area contributed by atoms with E-state index >= 15 is 0 Å². The highest BCUT2D eigenvalue weighted by Gasteiger charge is 2.57. The zero-order valence-corrected chi connectivity index (χ0v) is 27.8. The Balaban J connectivity index is 1.62. The molecule has 0 aromatic carbocycles. The molecule has 4 saturated heterocycles. The lowest BCUT2D eigenvalue weighted by Crippen LogP contribution is -2.70. The van der Waals surface area contributed by atoms with Gasteiger partial charge in [0.2, 0.25) is 11.8 Å². The molecule has 4 heterocycles. The Hall–Kier alpha value is -2.80. The molecular weight excluding hydrogens is 732 g/mol. The number of ether oxygens (including phenoxy) is 7. The summed E-state index contributed by atoms with van der Waals surface area (Å²) >= 11 is 0. The summed E-state index contributed by atoms with van der Waals surface area (Å²) in [5.74, 6) is -5.28. The number of nitrogens with one attached hydrogen (secondary N) is 2. The molecule has 0 aromatic heterocycles. The number of carbonyl (C=O) groups excluding carboxylic acids is 2. The molecule has 0 bridgehead atoms. The summed E-state index contributed by atoms with van der Waals surface area (Å²) in [7, 11) is 0. The molecule has 0 radical (unpaired) electrons. The fraction of sp³-hybridized carbons (Fsp3) is 0.857. The van der Waals surface area contributed by atoms with Crippen LogP contribution in [0.4, 0.5) is 0 Å². The van der Waals surface area contributed by atoms with Crippen molar-refractivity contribution in [2.24, 2.45) is 0 Å². The quantitative estimate of drug-likeness (QED) is 0.0875. The molecule has 0 aromatic rings. The maximum atomic E-state index is 12.5. The Morgan fingerprint density at radius 1 is 0.509 bits per heavy atom. The number of aliphatic hydroxyl groups excluding tert-OH is 10. The van der Waals surface area contributed by atoms with Gasteiger partial charge in [-0.15, -0.1) is 0 Å². The van der Waals surface area contributed by atoms with Gasteiger partial charge in [0.25, 0.3) is 0 Å². The third kappa shape index (κ3) is 9.19. The number of hydrogen-bond acceptors (Lipinski definition) is 21. The molecule has 4 rings (SSSR count). The van der Waals surface area contributed by atoms with Crippen LogP contribution in [0.1, 0.15) is 13.8 Å². The van der Waals surface area contributed by atoms with Crippen LogP contribution in [0.25, 0.3) is 0 Å². The summed E-state index contributed by atoms with van der Waals surface area (Å²) in [5.41, 5.74) is 0. The predicted molar refractivity (Wildman–Crippen MR) is 158 cm³/mol. The summed E-state index contributed by atoms with van der Waals surface area (Å²) in [5, 5.41) is 129. The molecule has 4 aliphatic heterocycles. The van der Waals surface area contributed by atoms with Crippen LogP contribution in [0.15, 0.2) is 0 Å². The SMILES string of the molecule is CC(=O)N[C@H]1[C@H](O[C@@H]2C(C(=O)O)O[C@@H](O[C@H]3[C@H](O)[C@@H](CO)OC(O)[C@@H]3NC(C)=O)[C@H](O)[C@H]2O)OC(CO)[C@@H](O)[C@H]1O[C@H]1OC(C(=O)O)[C@@H](O)[C@H](O)[C@H]1O. The first-order chi connectivity index (χ1) is 24.8. The van der Waals surface area contributed by atoms with Gasteiger partial charge < -0.3 is 105 Å². The zero-order chi connectivity index (χ0) is 39.6. The van der Waals surface area contributed by atoms with E-state index in [1.54, 1.807) is 0 Å². The molecule has 25 nitrogen and oxygen atoms in total. The van der Waals surface area contributed by atoms with E-state index in [0.29, 0.717) is 0 Å². The minimum atomic E-state index is -2.30. The minimum absolute atomic E-state index is 0.752. The number of carboxylic acids is 2. The number of aliphatic hydroxyl groups is 10. The van der Waals surface area contributed by atoms with E-state index in [1.165, 1.54) is 0 Å². The summed E-state index contributed by atoms with van der Waals surface area (Å²) in [6.07, 6.45) is -36.5.